The van der Waals surface area contributed by atoms with Gasteiger partial charge in [0.2, 0.25) is 0 Å². The minimum absolute atomic E-state index is 0.0478. The minimum atomic E-state index is -3.09. The molecule has 1 unspecified atom stereocenters. The van der Waals surface area contributed by atoms with Crippen LogP contribution in [0.4, 0.5) is 0 Å². The van der Waals surface area contributed by atoms with Crippen molar-refractivity contribution in [3.8, 4) is 5.75 Å². The molecule has 2 aromatic rings. The number of nitrogens with one attached hydrogen (secondary N) is 2. The number of hydrogen-bond donors (Lipinski definition) is 2. The van der Waals surface area contributed by atoms with E-state index in [1.165, 1.54) is 0 Å². The van der Waals surface area contributed by atoms with Crippen LogP contribution in [0.5, 0.6) is 5.75 Å². The third-order valence-corrected chi connectivity index (χ3v) is 7.73. The molecule has 2 heterocycles. The van der Waals surface area contributed by atoms with E-state index in [0.29, 0.717) is 29.0 Å². The lowest BCUT2D eigenvalue weighted by Crippen LogP contribution is -2.43. The van der Waals surface area contributed by atoms with Crippen molar-refractivity contribution in [2.24, 2.45) is 0 Å². The van der Waals surface area contributed by atoms with E-state index in [4.69, 9.17) is 4.74 Å². The molecule has 2 N–H and O–H groups in total. The lowest BCUT2D eigenvalue weighted by atomic mass is 9.85. The molecule has 2 aliphatic heterocycles. The zero-order chi connectivity index (χ0) is 23.8. The Balaban J connectivity index is 1.58. The number of rotatable bonds is 5. The van der Waals surface area contributed by atoms with Gasteiger partial charge < -0.3 is 15.4 Å². The van der Waals surface area contributed by atoms with Gasteiger partial charge in [0.05, 0.1) is 18.6 Å². The molecule has 2 aliphatic rings. The summed E-state index contributed by atoms with van der Waals surface area (Å²) in [5.41, 5.74) is 3.22. The average molecular weight is 469 g/mol. The average Bonchev–Trinajstić information content (AvgIpc) is 3.10. The van der Waals surface area contributed by atoms with Crippen molar-refractivity contribution >= 4 is 27.2 Å². The number of allylic oxidation sites excluding steroid dienone is 1. The number of ketones is 1. The van der Waals surface area contributed by atoms with E-state index >= 15 is 0 Å². The molecule has 1 amide bonds. The maximum absolute atomic E-state index is 13.1. The summed E-state index contributed by atoms with van der Waals surface area (Å²) in [6.45, 7) is 4.15. The Labute approximate surface area is 194 Å². The maximum Gasteiger partial charge on any atom is 0.251 e. The first-order valence-corrected chi connectivity index (χ1v) is 12.7. The molecule has 0 aromatic heterocycles. The first-order chi connectivity index (χ1) is 15.5. The number of methoxy groups -OCH3 is 1. The lowest BCUT2D eigenvalue weighted by Gasteiger charge is -2.35. The van der Waals surface area contributed by atoms with Gasteiger partial charge >= 0.3 is 0 Å². The van der Waals surface area contributed by atoms with Gasteiger partial charge in [0, 0.05) is 40.0 Å². The van der Waals surface area contributed by atoms with Crippen LogP contribution >= 0.6 is 0 Å². The number of benzene rings is 2. The van der Waals surface area contributed by atoms with Crippen LogP contribution in [-0.2, 0) is 16.3 Å². The molecular formula is C25H28N2O5S. The van der Waals surface area contributed by atoms with E-state index in [2.05, 4.69) is 24.5 Å². The van der Waals surface area contributed by atoms with Gasteiger partial charge in [0.25, 0.3) is 5.91 Å². The normalized spacial score (nSPS) is 21.7. The second-order valence-electron chi connectivity index (χ2n) is 9.29. The number of ether oxygens (including phenoxy) is 1. The van der Waals surface area contributed by atoms with Crippen molar-refractivity contribution in [2.45, 2.75) is 38.3 Å². The van der Waals surface area contributed by atoms with Crippen LogP contribution in [0, 0.1) is 0 Å². The third-order valence-electron chi connectivity index (χ3n) is 5.97. The van der Waals surface area contributed by atoms with Crippen molar-refractivity contribution in [2.75, 3.05) is 18.6 Å². The van der Waals surface area contributed by atoms with Crippen LogP contribution in [0.25, 0.3) is 5.70 Å². The van der Waals surface area contributed by atoms with Gasteiger partial charge in [-0.15, -0.1) is 0 Å². The number of amides is 1. The fraction of sp³-hybridized carbons (Fsp3) is 0.360. The monoisotopic (exact) mass is 468 g/mol. The van der Waals surface area contributed by atoms with Gasteiger partial charge in [-0.05, 0) is 56.5 Å². The number of carbonyl (C=O) groups is 2. The smallest absolute Gasteiger partial charge is 0.251 e. The van der Waals surface area contributed by atoms with Gasteiger partial charge in [0.15, 0.2) is 15.6 Å². The molecule has 0 bridgehead atoms. The fourth-order valence-corrected chi connectivity index (χ4v) is 6.03. The Morgan fingerprint density at radius 3 is 2.61 bits per heavy atom. The molecule has 0 aliphatic carbocycles. The largest absolute Gasteiger partial charge is 0.497 e. The van der Waals surface area contributed by atoms with Crippen LogP contribution in [-0.4, -0.2) is 50.3 Å². The summed E-state index contributed by atoms with van der Waals surface area (Å²) in [5.74, 6) is 0.127. The molecule has 7 nitrogen and oxygen atoms in total. The van der Waals surface area contributed by atoms with Crippen molar-refractivity contribution in [3.05, 3.63) is 70.8 Å². The molecule has 174 valence electrons. The molecule has 1 atom stereocenters. The van der Waals surface area contributed by atoms with Gasteiger partial charge in [-0.25, -0.2) is 8.42 Å². The van der Waals surface area contributed by atoms with E-state index in [1.807, 2.05) is 18.2 Å². The highest BCUT2D eigenvalue weighted by Gasteiger charge is 2.30. The molecule has 0 spiro atoms. The highest BCUT2D eigenvalue weighted by molar-refractivity contribution is 7.91. The molecule has 8 heteroatoms. The Bertz CT molecular complexity index is 1250. The van der Waals surface area contributed by atoms with Crippen molar-refractivity contribution in [3.63, 3.8) is 0 Å². The topological polar surface area (TPSA) is 102 Å². The third kappa shape index (κ3) is 5.27. The number of sulfone groups is 1. The van der Waals surface area contributed by atoms with Gasteiger partial charge in [-0.1, -0.05) is 18.2 Å². The highest BCUT2D eigenvalue weighted by Crippen LogP contribution is 2.32. The van der Waals surface area contributed by atoms with Crippen molar-refractivity contribution in [1.29, 1.82) is 0 Å². The van der Waals surface area contributed by atoms with Crippen LogP contribution < -0.4 is 15.4 Å². The summed E-state index contributed by atoms with van der Waals surface area (Å²) >= 11 is 0. The SMILES string of the molecule is COc1ccc2c(c1)C(=CC(=O)c1cccc(C(=O)NC3CCS(=O)(=O)C3)c1)NC(C)(C)C2. The second kappa shape index (κ2) is 8.67. The summed E-state index contributed by atoms with van der Waals surface area (Å²) in [6.07, 6.45) is 2.77. The Morgan fingerprint density at radius 2 is 1.91 bits per heavy atom. The standard InChI is InChI=1S/C25H28N2O5S/c1-25(2)14-18-7-8-20(32-3)12-21(18)22(27-25)13-23(28)16-5-4-6-17(11-16)24(29)26-19-9-10-33(30,31)15-19/h4-8,11-13,19,27H,9-10,14-15H2,1-3H3,(H,26,29). The van der Waals surface area contributed by atoms with Crippen molar-refractivity contribution in [1.82, 2.24) is 10.6 Å². The van der Waals surface area contributed by atoms with E-state index in [1.54, 1.807) is 37.5 Å². The predicted molar refractivity (Wildman–Crippen MR) is 127 cm³/mol. The quantitative estimate of drug-likeness (QED) is 0.517. The zero-order valence-electron chi connectivity index (χ0n) is 19.0. The summed E-state index contributed by atoms with van der Waals surface area (Å²) in [5, 5.41) is 6.21. The lowest BCUT2D eigenvalue weighted by molar-refractivity contribution is 0.0941. The van der Waals surface area contributed by atoms with E-state index in [9.17, 15) is 18.0 Å². The minimum Gasteiger partial charge on any atom is -0.497 e. The van der Waals surface area contributed by atoms with E-state index in [0.717, 1.165) is 17.5 Å². The van der Waals surface area contributed by atoms with Gasteiger partial charge in [0.1, 0.15) is 5.75 Å². The maximum atomic E-state index is 13.1. The second-order valence-corrected chi connectivity index (χ2v) is 11.5. The van der Waals surface area contributed by atoms with E-state index < -0.39 is 15.9 Å². The molecule has 2 aromatic carbocycles. The summed E-state index contributed by atoms with van der Waals surface area (Å²) in [6, 6.07) is 11.9. The first-order valence-electron chi connectivity index (χ1n) is 10.9. The zero-order valence-corrected chi connectivity index (χ0v) is 19.8. The Morgan fingerprint density at radius 1 is 1.15 bits per heavy atom. The summed E-state index contributed by atoms with van der Waals surface area (Å²) in [4.78, 5) is 25.8. The van der Waals surface area contributed by atoms with E-state index in [-0.39, 0.29) is 28.7 Å². The van der Waals surface area contributed by atoms with Crippen LogP contribution in [0.2, 0.25) is 0 Å². The molecule has 1 saturated heterocycles. The molecule has 1 fully saturated rings. The first kappa shape index (κ1) is 23.0. The highest BCUT2D eigenvalue weighted by atomic mass is 32.2. The van der Waals surface area contributed by atoms with Crippen LogP contribution in [0.1, 0.15) is 52.1 Å². The van der Waals surface area contributed by atoms with Crippen molar-refractivity contribution < 1.29 is 22.7 Å². The predicted octanol–water partition coefficient (Wildman–Crippen LogP) is 2.76. The molecule has 0 radical (unpaired) electrons. The number of hydrogen-bond acceptors (Lipinski definition) is 6. The molecule has 4 rings (SSSR count). The number of fused-ring (bicyclic) bond motifs is 1. The number of carbonyl (C=O) groups excluding carboxylic acids is 2. The Hall–Kier alpha value is -3.13. The molecule has 33 heavy (non-hydrogen) atoms. The Kier molecular flexibility index (Phi) is 6.05. The van der Waals surface area contributed by atoms with Gasteiger partial charge in [-0.2, -0.15) is 0 Å². The summed E-state index contributed by atoms with van der Waals surface area (Å²) < 4.78 is 28.7. The summed E-state index contributed by atoms with van der Waals surface area (Å²) in [7, 11) is -1.49. The fourth-order valence-electron chi connectivity index (χ4n) is 4.36. The van der Waals surface area contributed by atoms with Crippen LogP contribution in [0.15, 0.2) is 48.5 Å². The molecule has 0 saturated carbocycles. The molecular weight excluding hydrogens is 440 g/mol. The van der Waals surface area contributed by atoms with Gasteiger partial charge in [-0.3, -0.25) is 9.59 Å². The van der Waals surface area contributed by atoms with Crippen LogP contribution in [0.3, 0.4) is 0 Å².